The Labute approximate surface area is 350 Å². The minimum atomic E-state index is -0.635. The molecular formula is C54H30N6O. The molecule has 0 amide bonds. The molecule has 0 saturated heterocycles. The summed E-state index contributed by atoms with van der Waals surface area (Å²) in [5.74, 6) is 2.92. The molecule has 1 aliphatic heterocycles. The van der Waals surface area contributed by atoms with Crippen LogP contribution in [0.4, 0.5) is 0 Å². The van der Waals surface area contributed by atoms with Crippen LogP contribution in [0, 0.1) is 22.7 Å². The smallest absolute Gasteiger partial charge is 0.165 e. The van der Waals surface area contributed by atoms with Crippen molar-refractivity contribution in [3.8, 4) is 74.6 Å². The van der Waals surface area contributed by atoms with Crippen molar-refractivity contribution in [2.75, 3.05) is 0 Å². The first-order valence-electron chi connectivity index (χ1n) is 20.1. The second-order valence-corrected chi connectivity index (χ2v) is 15.3. The first-order chi connectivity index (χ1) is 30.1. The van der Waals surface area contributed by atoms with Gasteiger partial charge in [0, 0.05) is 38.6 Å². The Balaban J connectivity index is 1.12. The van der Waals surface area contributed by atoms with Crippen LogP contribution in [0.15, 0.2) is 182 Å². The fraction of sp³-hybridized carbons (Fsp3) is 0.0185. The number of para-hydroxylation sites is 3. The fourth-order valence-electron chi connectivity index (χ4n) is 9.64. The highest BCUT2D eigenvalue weighted by Crippen LogP contribution is 2.62. The van der Waals surface area contributed by atoms with Crippen molar-refractivity contribution < 1.29 is 4.74 Å². The van der Waals surface area contributed by atoms with E-state index in [4.69, 9.17) is 19.7 Å². The first-order valence-corrected chi connectivity index (χ1v) is 20.1. The molecule has 61 heavy (non-hydrogen) atoms. The van der Waals surface area contributed by atoms with Crippen molar-refractivity contribution in [3.63, 3.8) is 0 Å². The lowest BCUT2D eigenvalue weighted by molar-refractivity contribution is 0.436. The Bertz CT molecular complexity index is 3440. The van der Waals surface area contributed by atoms with Crippen molar-refractivity contribution in [3.05, 3.63) is 215 Å². The summed E-state index contributed by atoms with van der Waals surface area (Å²) in [6.45, 7) is 0. The Kier molecular flexibility index (Phi) is 7.44. The van der Waals surface area contributed by atoms with Gasteiger partial charge in [0.1, 0.15) is 17.6 Å². The number of aromatic nitrogens is 4. The van der Waals surface area contributed by atoms with E-state index in [1.54, 1.807) is 6.07 Å². The minimum Gasteiger partial charge on any atom is -0.457 e. The molecule has 2 aromatic heterocycles. The lowest BCUT2D eigenvalue weighted by atomic mass is 9.66. The van der Waals surface area contributed by atoms with Gasteiger partial charge in [0.05, 0.1) is 39.3 Å². The number of hydrogen-bond donors (Lipinski definition) is 0. The zero-order chi connectivity index (χ0) is 40.7. The number of hydrogen-bond acceptors (Lipinski definition) is 6. The molecule has 0 radical (unpaired) electrons. The Morgan fingerprint density at radius 1 is 0.426 bits per heavy atom. The van der Waals surface area contributed by atoms with E-state index in [9.17, 15) is 10.5 Å². The maximum atomic E-state index is 11.0. The van der Waals surface area contributed by atoms with E-state index in [1.807, 2.05) is 91.0 Å². The highest BCUT2D eigenvalue weighted by molar-refractivity contribution is 6.12. The van der Waals surface area contributed by atoms with Crippen molar-refractivity contribution in [2.24, 2.45) is 0 Å². The average molecular weight is 779 g/mol. The van der Waals surface area contributed by atoms with Gasteiger partial charge in [-0.15, -0.1) is 0 Å². The van der Waals surface area contributed by atoms with E-state index in [0.29, 0.717) is 39.9 Å². The third-order valence-electron chi connectivity index (χ3n) is 12.2. The molecule has 12 rings (SSSR count). The van der Waals surface area contributed by atoms with Crippen molar-refractivity contribution in [2.45, 2.75) is 5.41 Å². The average Bonchev–Trinajstić information content (AvgIpc) is 3.80. The van der Waals surface area contributed by atoms with E-state index in [1.165, 1.54) is 11.1 Å². The number of fused-ring (bicyclic) bond motifs is 12. The largest absolute Gasteiger partial charge is 0.457 e. The fourth-order valence-corrected chi connectivity index (χ4v) is 9.64. The van der Waals surface area contributed by atoms with Crippen LogP contribution in [-0.2, 0) is 5.41 Å². The summed E-state index contributed by atoms with van der Waals surface area (Å²) in [6, 6.07) is 66.1. The monoisotopic (exact) mass is 778 g/mol. The molecule has 0 bridgehead atoms. The van der Waals surface area contributed by atoms with Crippen LogP contribution in [-0.4, -0.2) is 19.5 Å². The number of nitriles is 2. The Morgan fingerprint density at radius 3 is 1.64 bits per heavy atom. The van der Waals surface area contributed by atoms with Gasteiger partial charge in [-0.25, -0.2) is 15.0 Å². The molecule has 1 spiro atoms. The van der Waals surface area contributed by atoms with E-state index in [0.717, 1.165) is 66.7 Å². The van der Waals surface area contributed by atoms with Gasteiger partial charge >= 0.3 is 0 Å². The first kappa shape index (κ1) is 34.4. The van der Waals surface area contributed by atoms with Crippen LogP contribution in [0.5, 0.6) is 11.5 Å². The lowest BCUT2D eigenvalue weighted by Gasteiger charge is -2.39. The van der Waals surface area contributed by atoms with Gasteiger partial charge in [0.15, 0.2) is 17.5 Å². The summed E-state index contributed by atoms with van der Waals surface area (Å²) >= 11 is 0. The Hall–Kier alpha value is -8.65. The highest BCUT2D eigenvalue weighted by Gasteiger charge is 2.51. The number of ether oxygens (including phenoxy) is 1. The third-order valence-corrected chi connectivity index (χ3v) is 12.2. The van der Waals surface area contributed by atoms with E-state index < -0.39 is 5.41 Å². The quantitative estimate of drug-likeness (QED) is 0.176. The molecule has 0 N–H and O–H groups in total. The van der Waals surface area contributed by atoms with Crippen molar-refractivity contribution in [1.82, 2.24) is 19.5 Å². The Morgan fingerprint density at radius 2 is 0.984 bits per heavy atom. The van der Waals surface area contributed by atoms with Crippen LogP contribution < -0.4 is 4.74 Å². The molecule has 7 heteroatoms. The van der Waals surface area contributed by atoms with Crippen LogP contribution in [0.25, 0.3) is 72.8 Å². The second-order valence-electron chi connectivity index (χ2n) is 15.3. The molecule has 3 heterocycles. The minimum absolute atomic E-state index is 0.311. The molecule has 0 atom stereocenters. The van der Waals surface area contributed by atoms with E-state index in [2.05, 4.69) is 102 Å². The standard InChI is InChI=1S/C54H30N6O/c55-31-35-28-47(36(32-56)27-39(35)53-58-51(33-15-3-1-4-16-33)57-52(59-53)34-17-5-2-6-18-34)60-46-24-12-8-20-38(46)41-29-45-40(30-48(41)60)37-19-7-9-21-42(37)54(45)43-22-10-13-25-49(43)61-50-26-14-11-23-44(50)54/h1-30H. The highest BCUT2D eigenvalue weighted by atomic mass is 16.5. The summed E-state index contributed by atoms with van der Waals surface area (Å²) < 4.78 is 8.72. The topological polar surface area (TPSA) is 100 Å². The molecule has 0 saturated carbocycles. The van der Waals surface area contributed by atoms with Crippen LogP contribution >= 0.6 is 0 Å². The van der Waals surface area contributed by atoms with Crippen molar-refractivity contribution in [1.29, 1.82) is 10.5 Å². The summed E-state index contributed by atoms with van der Waals surface area (Å²) in [4.78, 5) is 14.7. The van der Waals surface area contributed by atoms with Crippen LogP contribution in [0.2, 0.25) is 0 Å². The van der Waals surface area contributed by atoms with E-state index >= 15 is 0 Å². The summed E-state index contributed by atoms with van der Waals surface area (Å²) in [5.41, 5.74) is 11.4. The van der Waals surface area contributed by atoms with Gasteiger partial charge in [-0.05, 0) is 64.7 Å². The molecular weight excluding hydrogens is 749 g/mol. The molecule has 10 aromatic rings. The molecule has 2 aliphatic rings. The maximum Gasteiger partial charge on any atom is 0.165 e. The van der Waals surface area contributed by atoms with Crippen LogP contribution in [0.1, 0.15) is 33.4 Å². The predicted octanol–water partition coefficient (Wildman–Crippen LogP) is 12.2. The summed E-state index contributed by atoms with van der Waals surface area (Å²) in [7, 11) is 0. The van der Waals surface area contributed by atoms with Gasteiger partial charge in [0.25, 0.3) is 0 Å². The maximum absolute atomic E-state index is 11.0. The predicted molar refractivity (Wildman–Crippen MR) is 237 cm³/mol. The third kappa shape index (κ3) is 4.93. The molecule has 282 valence electrons. The SMILES string of the molecule is N#Cc1cc(-n2c3ccccc3c3cc4c(cc32)-c2ccccc2C42c3ccccc3Oc3ccccc32)c(C#N)cc1-c1nc(-c2ccccc2)nc(-c2ccccc2)n1. The van der Waals surface area contributed by atoms with E-state index in [-0.39, 0.29) is 0 Å². The molecule has 1 aliphatic carbocycles. The second kappa shape index (κ2) is 13.2. The van der Waals surface area contributed by atoms with Gasteiger partial charge in [-0.1, -0.05) is 140 Å². The molecule has 0 unspecified atom stereocenters. The van der Waals surface area contributed by atoms with Crippen molar-refractivity contribution >= 4 is 21.8 Å². The zero-order valence-corrected chi connectivity index (χ0v) is 32.4. The van der Waals surface area contributed by atoms with Gasteiger partial charge < -0.3 is 9.30 Å². The molecule has 7 nitrogen and oxygen atoms in total. The number of rotatable bonds is 4. The molecule has 8 aromatic carbocycles. The lowest BCUT2D eigenvalue weighted by Crippen LogP contribution is -2.32. The van der Waals surface area contributed by atoms with Gasteiger partial charge in [-0.2, -0.15) is 10.5 Å². The molecule has 0 fully saturated rings. The summed E-state index contributed by atoms with van der Waals surface area (Å²) in [5, 5.41) is 23.9. The number of benzene rings is 8. The number of nitrogens with zero attached hydrogens (tertiary/aromatic N) is 6. The van der Waals surface area contributed by atoms with Crippen LogP contribution in [0.3, 0.4) is 0 Å². The normalized spacial score (nSPS) is 12.8. The summed E-state index contributed by atoms with van der Waals surface area (Å²) in [6.07, 6.45) is 0. The van der Waals surface area contributed by atoms with Gasteiger partial charge in [0.2, 0.25) is 0 Å². The zero-order valence-electron chi connectivity index (χ0n) is 32.4. The van der Waals surface area contributed by atoms with Gasteiger partial charge in [-0.3, -0.25) is 0 Å².